The highest BCUT2D eigenvalue weighted by Crippen LogP contribution is 2.26. The summed E-state index contributed by atoms with van der Waals surface area (Å²) in [5.74, 6) is 0.867. The first-order chi connectivity index (χ1) is 6.72. The van der Waals surface area contributed by atoms with E-state index in [9.17, 15) is 0 Å². The van der Waals surface area contributed by atoms with Crippen molar-refractivity contribution in [2.24, 2.45) is 7.05 Å². The molecule has 1 heterocycles. The molecule has 1 aromatic carbocycles. The van der Waals surface area contributed by atoms with Crippen molar-refractivity contribution in [3.05, 3.63) is 34.9 Å². The lowest BCUT2D eigenvalue weighted by molar-refractivity contribution is -0.644. The lowest BCUT2D eigenvalue weighted by Crippen LogP contribution is -3.00. The molecular weight excluding hydrogens is 369 g/mol. The Balaban J connectivity index is 0.00000112. The van der Waals surface area contributed by atoms with Crippen LogP contribution in [0.4, 0.5) is 0 Å². The molecule has 0 atom stereocenters. The molecule has 15 heavy (non-hydrogen) atoms. The first-order valence-corrected chi connectivity index (χ1v) is 5.13. The van der Waals surface area contributed by atoms with Gasteiger partial charge in [-0.25, -0.2) is 4.57 Å². The summed E-state index contributed by atoms with van der Waals surface area (Å²) < 4.78 is 8.35. The van der Waals surface area contributed by atoms with Crippen LogP contribution in [0.15, 0.2) is 34.9 Å². The van der Waals surface area contributed by atoms with Crippen LogP contribution in [0, 0.1) is 0 Å². The lowest BCUT2D eigenvalue weighted by atomic mass is 10.2. The van der Waals surface area contributed by atoms with Crippen LogP contribution < -0.4 is 33.3 Å². The standard InChI is InChI=1S/C11H11BrNO.HI/c1-13-5-3-4-9-10(12)6-8(14-2)7-11(9)13;/h3-7H,1-2H3;1H/q+1;/p-1. The quantitative estimate of drug-likeness (QED) is 0.478. The number of fused-ring (bicyclic) bond motifs is 1. The van der Waals surface area contributed by atoms with Gasteiger partial charge in [-0.15, -0.1) is 0 Å². The molecule has 0 saturated heterocycles. The smallest absolute Gasteiger partial charge is 0.217 e. The summed E-state index contributed by atoms with van der Waals surface area (Å²) in [7, 11) is 3.70. The predicted molar refractivity (Wildman–Crippen MR) is 59.4 cm³/mol. The maximum Gasteiger partial charge on any atom is 0.217 e. The van der Waals surface area contributed by atoms with Gasteiger partial charge in [0.2, 0.25) is 5.52 Å². The van der Waals surface area contributed by atoms with Crippen LogP contribution in [-0.2, 0) is 7.05 Å². The number of nitrogens with zero attached hydrogens (tertiary/aromatic N) is 1. The Morgan fingerprint density at radius 3 is 2.73 bits per heavy atom. The summed E-state index contributed by atoms with van der Waals surface area (Å²) in [5.41, 5.74) is 1.15. The van der Waals surface area contributed by atoms with Crippen LogP contribution in [0.1, 0.15) is 0 Å². The first kappa shape index (κ1) is 12.7. The van der Waals surface area contributed by atoms with Gasteiger partial charge in [-0.05, 0) is 28.1 Å². The lowest BCUT2D eigenvalue weighted by Gasteiger charge is -2.03. The van der Waals surface area contributed by atoms with E-state index in [1.165, 1.54) is 5.39 Å². The van der Waals surface area contributed by atoms with E-state index in [1.807, 2.05) is 31.4 Å². The molecular formula is C11H11BrINO. The molecule has 80 valence electrons. The highest BCUT2D eigenvalue weighted by molar-refractivity contribution is 9.10. The van der Waals surface area contributed by atoms with Crippen molar-refractivity contribution in [1.29, 1.82) is 0 Å². The fraction of sp³-hybridized carbons (Fsp3) is 0.182. The van der Waals surface area contributed by atoms with Gasteiger partial charge >= 0.3 is 0 Å². The van der Waals surface area contributed by atoms with E-state index in [-0.39, 0.29) is 24.0 Å². The molecule has 0 aliphatic heterocycles. The Morgan fingerprint density at radius 2 is 2.07 bits per heavy atom. The minimum absolute atomic E-state index is 0. The Bertz CT molecular complexity index is 487. The van der Waals surface area contributed by atoms with E-state index >= 15 is 0 Å². The zero-order valence-corrected chi connectivity index (χ0v) is 12.2. The first-order valence-electron chi connectivity index (χ1n) is 4.34. The molecule has 0 radical (unpaired) electrons. The van der Waals surface area contributed by atoms with Gasteiger partial charge in [0.25, 0.3) is 0 Å². The summed E-state index contributed by atoms with van der Waals surface area (Å²) in [6, 6.07) is 8.11. The van der Waals surface area contributed by atoms with E-state index in [1.54, 1.807) is 7.11 Å². The Hall–Kier alpha value is -0.360. The molecule has 0 unspecified atom stereocenters. The monoisotopic (exact) mass is 379 g/mol. The number of ether oxygens (including phenoxy) is 1. The average Bonchev–Trinajstić information content (AvgIpc) is 2.19. The molecule has 0 N–H and O–H groups in total. The molecule has 0 saturated carbocycles. The van der Waals surface area contributed by atoms with Gasteiger partial charge in [0, 0.05) is 10.5 Å². The van der Waals surface area contributed by atoms with Gasteiger partial charge in [0.15, 0.2) is 6.20 Å². The number of hydrogen-bond donors (Lipinski definition) is 0. The second kappa shape index (κ2) is 5.12. The Kier molecular flexibility index (Phi) is 4.33. The van der Waals surface area contributed by atoms with Crippen LogP contribution in [0.3, 0.4) is 0 Å². The molecule has 0 spiro atoms. The second-order valence-electron chi connectivity index (χ2n) is 3.16. The molecule has 0 fully saturated rings. The van der Waals surface area contributed by atoms with Crippen molar-refractivity contribution in [1.82, 2.24) is 0 Å². The molecule has 1 aromatic heterocycles. The number of pyridine rings is 1. The number of benzene rings is 1. The summed E-state index contributed by atoms with van der Waals surface area (Å²) in [6.45, 7) is 0. The summed E-state index contributed by atoms with van der Waals surface area (Å²) >= 11 is 3.53. The third-order valence-electron chi connectivity index (χ3n) is 2.27. The summed E-state index contributed by atoms with van der Waals surface area (Å²) in [4.78, 5) is 0. The van der Waals surface area contributed by atoms with Crippen molar-refractivity contribution in [2.45, 2.75) is 0 Å². The van der Waals surface area contributed by atoms with E-state index in [4.69, 9.17) is 4.74 Å². The second-order valence-corrected chi connectivity index (χ2v) is 4.02. The Labute approximate surface area is 114 Å². The minimum atomic E-state index is 0. The fourth-order valence-electron chi connectivity index (χ4n) is 1.50. The zero-order valence-electron chi connectivity index (χ0n) is 8.50. The number of aryl methyl sites for hydroxylation is 1. The molecule has 4 heteroatoms. The number of aromatic nitrogens is 1. The van der Waals surface area contributed by atoms with Crippen molar-refractivity contribution in [3.8, 4) is 5.75 Å². The van der Waals surface area contributed by atoms with Crippen molar-refractivity contribution < 1.29 is 33.3 Å². The number of methoxy groups -OCH3 is 1. The zero-order chi connectivity index (χ0) is 10.1. The SMILES string of the molecule is COc1cc(Br)c2ccc[n+](C)c2c1.[I-]. The third kappa shape index (κ3) is 2.42. The van der Waals surface area contributed by atoms with Gasteiger partial charge in [-0.3, -0.25) is 0 Å². The summed E-state index contributed by atoms with van der Waals surface area (Å²) in [5, 5.41) is 1.19. The van der Waals surface area contributed by atoms with E-state index in [0.717, 1.165) is 15.7 Å². The summed E-state index contributed by atoms with van der Waals surface area (Å²) in [6.07, 6.45) is 2.02. The maximum absolute atomic E-state index is 5.21. The fourth-order valence-corrected chi connectivity index (χ4v) is 2.06. The normalized spacial score (nSPS) is 9.80. The van der Waals surface area contributed by atoms with Gasteiger partial charge in [-0.2, -0.15) is 0 Å². The van der Waals surface area contributed by atoms with E-state index in [2.05, 4.69) is 26.6 Å². The molecule has 0 bridgehead atoms. The molecule has 2 aromatic rings. The van der Waals surface area contributed by atoms with Crippen LogP contribution in [0.2, 0.25) is 0 Å². The molecule has 2 nitrogen and oxygen atoms in total. The molecule has 0 amide bonds. The van der Waals surface area contributed by atoms with Gasteiger partial charge in [-0.1, -0.05) is 0 Å². The van der Waals surface area contributed by atoms with E-state index in [0.29, 0.717) is 0 Å². The van der Waals surface area contributed by atoms with Crippen LogP contribution in [-0.4, -0.2) is 7.11 Å². The number of halogens is 2. The van der Waals surface area contributed by atoms with Gasteiger partial charge in [0.1, 0.15) is 12.8 Å². The molecule has 2 rings (SSSR count). The molecule has 0 aliphatic carbocycles. The number of rotatable bonds is 1. The molecule has 0 aliphatic rings. The largest absolute Gasteiger partial charge is 1.00 e. The van der Waals surface area contributed by atoms with Crippen LogP contribution >= 0.6 is 15.9 Å². The van der Waals surface area contributed by atoms with Crippen LogP contribution in [0.25, 0.3) is 10.9 Å². The maximum atomic E-state index is 5.21. The topological polar surface area (TPSA) is 13.1 Å². The van der Waals surface area contributed by atoms with Crippen molar-refractivity contribution >= 4 is 26.8 Å². The van der Waals surface area contributed by atoms with Gasteiger partial charge in [0.05, 0.1) is 18.6 Å². The Morgan fingerprint density at radius 1 is 1.33 bits per heavy atom. The van der Waals surface area contributed by atoms with Crippen molar-refractivity contribution in [2.75, 3.05) is 7.11 Å². The third-order valence-corrected chi connectivity index (χ3v) is 2.93. The number of hydrogen-bond acceptors (Lipinski definition) is 1. The van der Waals surface area contributed by atoms with Gasteiger partial charge < -0.3 is 28.7 Å². The predicted octanol–water partition coefficient (Wildman–Crippen LogP) is -0.561. The minimum Gasteiger partial charge on any atom is -1.00 e. The van der Waals surface area contributed by atoms with Crippen molar-refractivity contribution in [3.63, 3.8) is 0 Å². The van der Waals surface area contributed by atoms with Crippen LogP contribution in [0.5, 0.6) is 5.75 Å². The highest BCUT2D eigenvalue weighted by atomic mass is 127. The highest BCUT2D eigenvalue weighted by Gasteiger charge is 2.09. The van der Waals surface area contributed by atoms with E-state index < -0.39 is 0 Å². The average molecular weight is 380 g/mol.